The SMILES string of the molecule is NCCOc1ccc2nc3n(c(=O)c2c1)CCCC3. The van der Waals surface area contributed by atoms with E-state index in [1.54, 1.807) is 10.6 Å². The fourth-order valence-electron chi connectivity index (χ4n) is 2.49. The van der Waals surface area contributed by atoms with Gasteiger partial charge in [-0.2, -0.15) is 0 Å². The Hall–Kier alpha value is -1.88. The molecule has 1 aromatic carbocycles. The summed E-state index contributed by atoms with van der Waals surface area (Å²) >= 11 is 0. The number of aromatic nitrogens is 2. The zero-order valence-corrected chi connectivity index (χ0v) is 10.8. The number of ether oxygens (including phenoxy) is 1. The maximum absolute atomic E-state index is 12.4. The van der Waals surface area contributed by atoms with E-state index in [1.165, 1.54) is 0 Å². The lowest BCUT2D eigenvalue weighted by Crippen LogP contribution is -2.28. The predicted octanol–water partition coefficient (Wildman–Crippen LogP) is 1.07. The predicted molar refractivity (Wildman–Crippen MR) is 73.5 cm³/mol. The summed E-state index contributed by atoms with van der Waals surface area (Å²) in [5.74, 6) is 1.58. The Balaban J connectivity index is 2.12. The van der Waals surface area contributed by atoms with Crippen molar-refractivity contribution < 1.29 is 4.74 Å². The van der Waals surface area contributed by atoms with E-state index in [0.29, 0.717) is 24.3 Å². The number of hydrogen-bond acceptors (Lipinski definition) is 4. The van der Waals surface area contributed by atoms with E-state index in [-0.39, 0.29) is 5.56 Å². The van der Waals surface area contributed by atoms with Gasteiger partial charge in [-0.1, -0.05) is 0 Å². The maximum Gasteiger partial charge on any atom is 0.261 e. The zero-order chi connectivity index (χ0) is 13.2. The molecular formula is C14H17N3O2. The van der Waals surface area contributed by atoms with Crippen LogP contribution >= 0.6 is 0 Å². The number of aryl methyl sites for hydroxylation is 1. The number of nitrogens with two attached hydrogens (primary N) is 1. The van der Waals surface area contributed by atoms with Crippen LogP contribution in [0.15, 0.2) is 23.0 Å². The summed E-state index contributed by atoms with van der Waals surface area (Å²) < 4.78 is 7.25. The van der Waals surface area contributed by atoms with Crippen LogP contribution < -0.4 is 16.0 Å². The highest BCUT2D eigenvalue weighted by Gasteiger charge is 2.14. The normalized spacial score (nSPS) is 14.4. The van der Waals surface area contributed by atoms with Gasteiger partial charge >= 0.3 is 0 Å². The van der Waals surface area contributed by atoms with Crippen LogP contribution in [0.3, 0.4) is 0 Å². The van der Waals surface area contributed by atoms with Gasteiger partial charge in [0.1, 0.15) is 18.2 Å². The van der Waals surface area contributed by atoms with E-state index in [2.05, 4.69) is 4.98 Å². The second-order valence-corrected chi connectivity index (χ2v) is 4.76. The second-order valence-electron chi connectivity index (χ2n) is 4.76. The van der Waals surface area contributed by atoms with Crippen molar-refractivity contribution in [2.24, 2.45) is 5.73 Å². The van der Waals surface area contributed by atoms with Crippen molar-refractivity contribution in [3.8, 4) is 5.75 Å². The van der Waals surface area contributed by atoms with Gasteiger partial charge in [0, 0.05) is 19.5 Å². The molecule has 2 N–H and O–H groups in total. The first kappa shape index (κ1) is 12.2. The van der Waals surface area contributed by atoms with Crippen molar-refractivity contribution >= 4 is 10.9 Å². The summed E-state index contributed by atoms with van der Waals surface area (Å²) in [5.41, 5.74) is 6.19. The molecule has 2 heterocycles. The summed E-state index contributed by atoms with van der Waals surface area (Å²) in [6.07, 6.45) is 3.04. The number of rotatable bonds is 3. The van der Waals surface area contributed by atoms with Gasteiger partial charge in [0.25, 0.3) is 5.56 Å². The van der Waals surface area contributed by atoms with E-state index in [4.69, 9.17) is 10.5 Å². The van der Waals surface area contributed by atoms with Crippen LogP contribution in [0.4, 0.5) is 0 Å². The summed E-state index contributed by atoms with van der Waals surface area (Å²) in [4.78, 5) is 17.0. The van der Waals surface area contributed by atoms with Gasteiger partial charge < -0.3 is 10.5 Å². The van der Waals surface area contributed by atoms with E-state index < -0.39 is 0 Å². The molecule has 1 aliphatic heterocycles. The molecule has 0 spiro atoms. The lowest BCUT2D eigenvalue weighted by atomic mass is 10.1. The molecule has 2 aromatic rings. The number of benzene rings is 1. The third-order valence-electron chi connectivity index (χ3n) is 3.42. The van der Waals surface area contributed by atoms with Crippen molar-refractivity contribution in [1.82, 2.24) is 9.55 Å². The minimum Gasteiger partial charge on any atom is -0.492 e. The smallest absolute Gasteiger partial charge is 0.261 e. The summed E-state index contributed by atoms with van der Waals surface area (Å²) in [7, 11) is 0. The van der Waals surface area contributed by atoms with Crippen molar-refractivity contribution in [2.75, 3.05) is 13.2 Å². The quantitative estimate of drug-likeness (QED) is 0.895. The third kappa shape index (κ3) is 2.21. The lowest BCUT2D eigenvalue weighted by molar-refractivity contribution is 0.328. The molecular weight excluding hydrogens is 242 g/mol. The van der Waals surface area contributed by atoms with Gasteiger partial charge in [-0.25, -0.2) is 4.98 Å². The first-order valence-corrected chi connectivity index (χ1v) is 6.66. The van der Waals surface area contributed by atoms with E-state index >= 15 is 0 Å². The fraction of sp³-hybridized carbons (Fsp3) is 0.429. The molecule has 0 bridgehead atoms. The molecule has 19 heavy (non-hydrogen) atoms. The maximum atomic E-state index is 12.4. The Bertz CT molecular complexity index is 664. The first-order valence-electron chi connectivity index (χ1n) is 6.66. The summed E-state index contributed by atoms with van der Waals surface area (Å²) in [5, 5.41) is 0.625. The third-order valence-corrected chi connectivity index (χ3v) is 3.42. The van der Waals surface area contributed by atoms with Crippen LogP contribution in [-0.4, -0.2) is 22.7 Å². The molecule has 0 fully saturated rings. The molecule has 0 saturated carbocycles. The molecule has 3 rings (SSSR count). The highest BCUT2D eigenvalue weighted by atomic mass is 16.5. The van der Waals surface area contributed by atoms with Gasteiger partial charge in [-0.15, -0.1) is 0 Å². The minimum atomic E-state index is 0.0397. The van der Waals surface area contributed by atoms with Gasteiger partial charge in [0.2, 0.25) is 0 Å². The highest BCUT2D eigenvalue weighted by molar-refractivity contribution is 5.79. The molecule has 5 heteroatoms. The van der Waals surface area contributed by atoms with Crippen LogP contribution in [0.5, 0.6) is 5.75 Å². The average molecular weight is 259 g/mol. The van der Waals surface area contributed by atoms with Crippen molar-refractivity contribution in [3.05, 3.63) is 34.4 Å². The molecule has 0 amide bonds. The Morgan fingerprint density at radius 3 is 3.11 bits per heavy atom. The zero-order valence-electron chi connectivity index (χ0n) is 10.8. The molecule has 0 atom stereocenters. The van der Waals surface area contributed by atoms with Gasteiger partial charge in [0.15, 0.2) is 0 Å². The van der Waals surface area contributed by atoms with Gasteiger partial charge in [-0.3, -0.25) is 9.36 Å². The van der Waals surface area contributed by atoms with Crippen LogP contribution in [-0.2, 0) is 13.0 Å². The molecule has 1 aliphatic rings. The first-order chi connectivity index (χ1) is 9.29. The molecule has 0 saturated heterocycles. The number of fused-ring (bicyclic) bond motifs is 2. The molecule has 100 valence electrons. The Morgan fingerprint density at radius 1 is 1.37 bits per heavy atom. The Kier molecular flexibility index (Phi) is 3.21. The average Bonchev–Trinajstić information content (AvgIpc) is 2.46. The topological polar surface area (TPSA) is 70.1 Å². The lowest BCUT2D eigenvalue weighted by Gasteiger charge is -2.17. The van der Waals surface area contributed by atoms with Crippen LogP contribution in [0.2, 0.25) is 0 Å². The van der Waals surface area contributed by atoms with Gasteiger partial charge in [0.05, 0.1) is 10.9 Å². The highest BCUT2D eigenvalue weighted by Crippen LogP contribution is 2.19. The van der Waals surface area contributed by atoms with E-state index in [9.17, 15) is 4.79 Å². The summed E-state index contributed by atoms with van der Waals surface area (Å²) in [6, 6.07) is 5.45. The monoisotopic (exact) mass is 259 g/mol. The Morgan fingerprint density at radius 2 is 2.26 bits per heavy atom. The Labute approximate surface area is 111 Å². The van der Waals surface area contributed by atoms with Crippen LogP contribution in [0.25, 0.3) is 10.9 Å². The molecule has 0 radical (unpaired) electrons. The van der Waals surface area contributed by atoms with Gasteiger partial charge in [-0.05, 0) is 31.0 Å². The molecule has 0 unspecified atom stereocenters. The molecule has 0 aliphatic carbocycles. The van der Waals surface area contributed by atoms with Crippen molar-refractivity contribution in [3.63, 3.8) is 0 Å². The van der Waals surface area contributed by atoms with Crippen LogP contribution in [0.1, 0.15) is 18.7 Å². The second kappa shape index (κ2) is 5.01. The van der Waals surface area contributed by atoms with Crippen molar-refractivity contribution in [2.45, 2.75) is 25.8 Å². The summed E-state index contributed by atoms with van der Waals surface area (Å²) in [6.45, 7) is 1.68. The largest absolute Gasteiger partial charge is 0.492 e. The standard InChI is InChI=1S/C14H17N3O2/c15-6-8-19-10-4-5-12-11(9-10)14(18)17-7-2-1-3-13(17)16-12/h4-5,9H,1-3,6-8,15H2. The number of hydrogen-bond donors (Lipinski definition) is 1. The number of nitrogens with zero attached hydrogens (tertiary/aromatic N) is 2. The fourth-order valence-corrected chi connectivity index (χ4v) is 2.49. The van der Waals surface area contributed by atoms with E-state index in [0.717, 1.165) is 37.1 Å². The van der Waals surface area contributed by atoms with Crippen LogP contribution in [0, 0.1) is 0 Å². The van der Waals surface area contributed by atoms with Crippen molar-refractivity contribution in [1.29, 1.82) is 0 Å². The molecule has 1 aromatic heterocycles. The molecule has 5 nitrogen and oxygen atoms in total. The minimum absolute atomic E-state index is 0.0397. The van der Waals surface area contributed by atoms with E-state index in [1.807, 2.05) is 12.1 Å².